The molecule has 0 aliphatic carbocycles. The fourth-order valence-electron chi connectivity index (χ4n) is 2.40. The zero-order valence-electron chi connectivity index (χ0n) is 12.1. The molecule has 1 N–H and O–H groups in total. The first-order valence-corrected chi connectivity index (χ1v) is 7.25. The minimum Gasteiger partial charge on any atom is -0.352 e. The Morgan fingerprint density at radius 2 is 2.10 bits per heavy atom. The number of nitrogens with zero attached hydrogens (tertiary/aromatic N) is 3. The molecule has 21 heavy (non-hydrogen) atoms. The Bertz CT molecular complexity index is 513. The highest BCUT2D eigenvalue weighted by atomic mass is 35.5. The van der Waals surface area contributed by atoms with Crippen LogP contribution in [0.5, 0.6) is 0 Å². The molecule has 0 unspecified atom stereocenters. The predicted octanol–water partition coefficient (Wildman–Crippen LogP) is 1.99. The first-order chi connectivity index (χ1) is 9.88. The molecule has 0 saturated carbocycles. The van der Waals surface area contributed by atoms with Crippen LogP contribution < -0.4 is 5.32 Å². The Hall–Kier alpha value is -1.21. The number of nitrogens with one attached hydrogen (secondary N) is 1. The van der Waals surface area contributed by atoms with Gasteiger partial charge in [-0.15, -0.1) is 0 Å². The van der Waals surface area contributed by atoms with Crippen molar-refractivity contribution in [1.29, 1.82) is 0 Å². The van der Waals surface area contributed by atoms with E-state index in [4.69, 9.17) is 11.6 Å². The molecule has 1 aliphatic heterocycles. The summed E-state index contributed by atoms with van der Waals surface area (Å²) in [5.74, 6) is -0.229. The summed E-state index contributed by atoms with van der Waals surface area (Å²) in [4.78, 5) is 14.2. The highest BCUT2D eigenvalue weighted by Crippen LogP contribution is 2.28. The van der Waals surface area contributed by atoms with Crippen LogP contribution >= 0.6 is 11.6 Å². The monoisotopic (exact) mass is 320 g/mol. The van der Waals surface area contributed by atoms with Crippen molar-refractivity contribution in [2.45, 2.75) is 38.8 Å². The lowest BCUT2D eigenvalue weighted by molar-refractivity contribution is -0.122. The molecule has 0 bridgehead atoms. The van der Waals surface area contributed by atoms with Gasteiger partial charge in [-0.3, -0.25) is 9.48 Å². The third-order valence-electron chi connectivity index (χ3n) is 3.74. The van der Waals surface area contributed by atoms with Crippen molar-refractivity contribution >= 4 is 17.5 Å². The summed E-state index contributed by atoms with van der Waals surface area (Å²) in [5.41, 5.74) is -0.0910. The first-order valence-electron chi connectivity index (χ1n) is 6.87. The summed E-state index contributed by atoms with van der Waals surface area (Å²) in [6, 6.07) is 0.134. The lowest BCUT2D eigenvalue weighted by Crippen LogP contribution is -2.44. The molecule has 0 atom stereocenters. The molecule has 0 spiro atoms. The largest absolute Gasteiger partial charge is 0.352 e. The first kappa shape index (κ1) is 16.2. The molecule has 1 aliphatic rings. The number of hydrogen-bond donors (Lipinski definition) is 1. The Labute approximate surface area is 127 Å². The SMILES string of the molecule is Cc1c(Cl)c(C(F)F)nn1CC(=O)NC1CCN(C)CC1. The maximum Gasteiger partial charge on any atom is 0.283 e. The Kier molecular flexibility index (Phi) is 5.16. The van der Waals surface area contributed by atoms with E-state index < -0.39 is 12.1 Å². The third-order valence-corrected chi connectivity index (χ3v) is 4.21. The lowest BCUT2D eigenvalue weighted by Gasteiger charge is -2.29. The van der Waals surface area contributed by atoms with Crippen LogP contribution in [-0.4, -0.2) is 46.8 Å². The van der Waals surface area contributed by atoms with E-state index in [0.717, 1.165) is 25.9 Å². The predicted molar refractivity (Wildman–Crippen MR) is 75.6 cm³/mol. The topological polar surface area (TPSA) is 50.2 Å². The number of rotatable bonds is 4. The van der Waals surface area contributed by atoms with Crippen molar-refractivity contribution < 1.29 is 13.6 Å². The second kappa shape index (κ2) is 6.70. The van der Waals surface area contributed by atoms with Gasteiger partial charge in [0, 0.05) is 6.04 Å². The van der Waals surface area contributed by atoms with Gasteiger partial charge in [0.25, 0.3) is 6.43 Å². The van der Waals surface area contributed by atoms with Crippen LogP contribution in [-0.2, 0) is 11.3 Å². The highest BCUT2D eigenvalue weighted by Gasteiger charge is 2.23. The molecular weight excluding hydrogens is 302 g/mol. The molecule has 0 aromatic carbocycles. The van der Waals surface area contributed by atoms with Crippen molar-refractivity contribution in [2.24, 2.45) is 0 Å². The second-order valence-electron chi connectivity index (χ2n) is 5.39. The van der Waals surface area contributed by atoms with E-state index in [2.05, 4.69) is 15.3 Å². The molecule has 2 heterocycles. The fourth-order valence-corrected chi connectivity index (χ4v) is 2.62. The summed E-state index contributed by atoms with van der Waals surface area (Å²) in [6.07, 6.45) is -0.957. The molecule has 5 nitrogen and oxygen atoms in total. The van der Waals surface area contributed by atoms with E-state index in [1.807, 2.05) is 7.05 Å². The summed E-state index contributed by atoms with van der Waals surface area (Å²) in [5, 5.41) is 6.56. The van der Waals surface area contributed by atoms with E-state index in [1.54, 1.807) is 6.92 Å². The van der Waals surface area contributed by atoms with Crippen LogP contribution in [0.4, 0.5) is 8.78 Å². The zero-order chi connectivity index (χ0) is 15.6. The van der Waals surface area contributed by atoms with Gasteiger partial charge in [0.05, 0.1) is 10.7 Å². The zero-order valence-corrected chi connectivity index (χ0v) is 12.8. The van der Waals surface area contributed by atoms with Crippen LogP contribution in [0, 0.1) is 6.92 Å². The number of amides is 1. The molecule has 8 heteroatoms. The Morgan fingerprint density at radius 1 is 1.48 bits per heavy atom. The van der Waals surface area contributed by atoms with E-state index in [-0.39, 0.29) is 23.5 Å². The standard InChI is InChI=1S/C13H19ClF2N4O/c1-8-11(14)12(13(15)16)18-20(8)7-10(21)17-9-3-5-19(2)6-4-9/h9,13H,3-7H2,1-2H3,(H,17,21). The van der Waals surface area contributed by atoms with Crippen molar-refractivity contribution in [3.8, 4) is 0 Å². The molecular formula is C13H19ClF2N4O. The minimum atomic E-state index is -2.74. The Balaban J connectivity index is 1.95. The summed E-state index contributed by atoms with van der Waals surface area (Å²) in [6.45, 7) is 3.36. The minimum absolute atomic E-state index is 0.0721. The van der Waals surface area contributed by atoms with Gasteiger partial charge in [-0.1, -0.05) is 11.6 Å². The molecule has 1 saturated heterocycles. The van der Waals surface area contributed by atoms with Gasteiger partial charge >= 0.3 is 0 Å². The quantitative estimate of drug-likeness (QED) is 0.923. The number of carbonyl (C=O) groups is 1. The van der Waals surface area contributed by atoms with Crippen molar-refractivity contribution in [3.05, 3.63) is 16.4 Å². The third kappa shape index (κ3) is 3.91. The van der Waals surface area contributed by atoms with Gasteiger partial charge < -0.3 is 10.2 Å². The molecule has 2 rings (SSSR count). The number of alkyl halides is 2. The van der Waals surface area contributed by atoms with Crippen LogP contribution in [0.1, 0.15) is 30.7 Å². The smallest absolute Gasteiger partial charge is 0.283 e. The van der Waals surface area contributed by atoms with Crippen molar-refractivity contribution in [3.63, 3.8) is 0 Å². The van der Waals surface area contributed by atoms with E-state index in [0.29, 0.717) is 5.69 Å². The lowest BCUT2D eigenvalue weighted by atomic mass is 10.1. The fraction of sp³-hybridized carbons (Fsp3) is 0.692. The highest BCUT2D eigenvalue weighted by molar-refractivity contribution is 6.31. The summed E-state index contributed by atoms with van der Waals surface area (Å²) < 4.78 is 26.6. The average molecular weight is 321 g/mol. The average Bonchev–Trinajstić information content (AvgIpc) is 2.70. The van der Waals surface area contributed by atoms with Gasteiger partial charge in [0.2, 0.25) is 5.91 Å². The van der Waals surface area contributed by atoms with Crippen molar-refractivity contribution in [2.75, 3.05) is 20.1 Å². The molecule has 1 aromatic heterocycles. The number of carbonyl (C=O) groups excluding carboxylic acids is 1. The van der Waals surface area contributed by atoms with Gasteiger partial charge in [-0.2, -0.15) is 5.10 Å². The molecule has 0 radical (unpaired) electrons. The van der Waals surface area contributed by atoms with Crippen LogP contribution in [0.3, 0.4) is 0 Å². The molecule has 1 amide bonds. The van der Waals surface area contributed by atoms with Gasteiger partial charge in [0.1, 0.15) is 12.2 Å². The summed E-state index contributed by atoms with van der Waals surface area (Å²) >= 11 is 5.80. The van der Waals surface area contributed by atoms with Gasteiger partial charge in [0.15, 0.2) is 0 Å². The van der Waals surface area contributed by atoms with E-state index >= 15 is 0 Å². The maximum atomic E-state index is 12.7. The van der Waals surface area contributed by atoms with E-state index in [9.17, 15) is 13.6 Å². The maximum absolute atomic E-state index is 12.7. The molecule has 1 fully saturated rings. The number of aromatic nitrogens is 2. The molecule has 118 valence electrons. The number of hydrogen-bond acceptors (Lipinski definition) is 3. The van der Waals surface area contributed by atoms with Crippen LogP contribution in [0.25, 0.3) is 0 Å². The normalized spacial score (nSPS) is 17.4. The van der Waals surface area contributed by atoms with E-state index in [1.165, 1.54) is 4.68 Å². The Morgan fingerprint density at radius 3 is 2.62 bits per heavy atom. The second-order valence-corrected chi connectivity index (χ2v) is 5.77. The van der Waals surface area contributed by atoms with Crippen molar-refractivity contribution in [1.82, 2.24) is 20.0 Å². The van der Waals surface area contributed by atoms with Gasteiger partial charge in [-0.25, -0.2) is 8.78 Å². The molecule has 1 aromatic rings. The van der Waals surface area contributed by atoms with Crippen LogP contribution in [0.15, 0.2) is 0 Å². The van der Waals surface area contributed by atoms with Crippen LogP contribution in [0.2, 0.25) is 5.02 Å². The number of piperidine rings is 1. The number of halogens is 3. The number of likely N-dealkylation sites (tertiary alicyclic amines) is 1. The van der Waals surface area contributed by atoms with Gasteiger partial charge in [-0.05, 0) is 39.9 Å². The summed E-state index contributed by atoms with van der Waals surface area (Å²) in [7, 11) is 2.04.